The normalized spacial score (nSPS) is 11.1. The van der Waals surface area contributed by atoms with Crippen LogP contribution in [0.2, 0.25) is 0 Å². The summed E-state index contributed by atoms with van der Waals surface area (Å²) in [5.41, 5.74) is 3.89. The number of carbonyl (C=O) groups is 2. The molecule has 0 aliphatic heterocycles. The van der Waals surface area contributed by atoms with Crippen LogP contribution in [-0.4, -0.2) is 33.4 Å². The smallest absolute Gasteiger partial charge is 0.338 e. The fourth-order valence-corrected chi connectivity index (χ4v) is 4.72. The molecule has 0 aliphatic carbocycles. The number of hydrogen-bond donors (Lipinski definition) is 1. The first kappa shape index (κ1) is 25.0. The Morgan fingerprint density at radius 3 is 2.26 bits per heavy atom. The van der Waals surface area contributed by atoms with Gasteiger partial charge in [-0.1, -0.05) is 29.8 Å². The van der Waals surface area contributed by atoms with Gasteiger partial charge in [0.2, 0.25) is 5.91 Å². The summed E-state index contributed by atoms with van der Waals surface area (Å²) >= 11 is 0. The Morgan fingerprint density at radius 2 is 1.62 bits per heavy atom. The lowest BCUT2D eigenvalue weighted by Crippen LogP contribution is -2.38. The number of amides is 1. The third-order valence-corrected chi connectivity index (χ3v) is 7.12. The third kappa shape index (κ3) is 5.82. The molecule has 0 aromatic heterocycles. The minimum absolute atomic E-state index is 0.0911. The summed E-state index contributed by atoms with van der Waals surface area (Å²) in [4.78, 5) is 25.0. The van der Waals surface area contributed by atoms with Gasteiger partial charge in [0.15, 0.2) is 0 Å². The standard InChI is InChI=1S/C26H28N2O5S/c1-5-33-26(30)21-7-6-8-22(16-21)27-25(29)17-28(23-12-11-19(3)20(4)15-23)34(31,32)24-13-9-18(2)10-14-24/h6-16H,5,17H2,1-4H3,(H,27,29). The van der Waals surface area contributed by atoms with E-state index < -0.39 is 28.4 Å². The average molecular weight is 481 g/mol. The van der Waals surface area contributed by atoms with Gasteiger partial charge in [-0.3, -0.25) is 9.10 Å². The van der Waals surface area contributed by atoms with Crippen molar-refractivity contribution in [3.63, 3.8) is 0 Å². The Balaban J connectivity index is 1.92. The lowest BCUT2D eigenvalue weighted by atomic mass is 10.1. The van der Waals surface area contributed by atoms with Crippen LogP contribution in [0.15, 0.2) is 71.6 Å². The summed E-state index contributed by atoms with van der Waals surface area (Å²) in [7, 11) is -4.02. The zero-order chi connectivity index (χ0) is 24.9. The summed E-state index contributed by atoms with van der Waals surface area (Å²) in [6.45, 7) is 7.19. The van der Waals surface area contributed by atoms with Crippen molar-refractivity contribution in [3.8, 4) is 0 Å². The summed E-state index contributed by atoms with van der Waals surface area (Å²) < 4.78 is 33.1. The van der Waals surface area contributed by atoms with Crippen molar-refractivity contribution in [1.82, 2.24) is 0 Å². The van der Waals surface area contributed by atoms with Gasteiger partial charge in [0.25, 0.3) is 10.0 Å². The maximum atomic E-state index is 13.5. The van der Waals surface area contributed by atoms with E-state index in [1.165, 1.54) is 18.2 Å². The molecule has 1 amide bonds. The molecule has 3 rings (SSSR count). The number of anilines is 2. The number of hydrogen-bond acceptors (Lipinski definition) is 5. The molecule has 8 heteroatoms. The Kier molecular flexibility index (Phi) is 7.73. The highest BCUT2D eigenvalue weighted by molar-refractivity contribution is 7.92. The van der Waals surface area contributed by atoms with E-state index in [0.717, 1.165) is 21.0 Å². The molecular formula is C26H28N2O5S. The van der Waals surface area contributed by atoms with Crippen molar-refractivity contribution in [2.75, 3.05) is 22.8 Å². The Hall–Kier alpha value is -3.65. The number of nitrogens with one attached hydrogen (secondary N) is 1. The van der Waals surface area contributed by atoms with Crippen LogP contribution in [0.5, 0.6) is 0 Å². The molecule has 34 heavy (non-hydrogen) atoms. The van der Waals surface area contributed by atoms with Crippen LogP contribution >= 0.6 is 0 Å². The molecule has 3 aromatic rings. The van der Waals surface area contributed by atoms with Crippen LogP contribution < -0.4 is 9.62 Å². The Bertz CT molecular complexity index is 1300. The second-order valence-electron chi connectivity index (χ2n) is 7.94. The van der Waals surface area contributed by atoms with E-state index in [1.807, 2.05) is 26.8 Å². The van der Waals surface area contributed by atoms with E-state index in [2.05, 4.69) is 5.32 Å². The van der Waals surface area contributed by atoms with E-state index >= 15 is 0 Å². The maximum Gasteiger partial charge on any atom is 0.338 e. The lowest BCUT2D eigenvalue weighted by Gasteiger charge is -2.25. The number of benzene rings is 3. The van der Waals surface area contributed by atoms with Crippen LogP contribution in [0.3, 0.4) is 0 Å². The number of aryl methyl sites for hydroxylation is 3. The minimum atomic E-state index is -4.02. The largest absolute Gasteiger partial charge is 0.462 e. The topological polar surface area (TPSA) is 92.8 Å². The fraction of sp³-hybridized carbons (Fsp3) is 0.231. The molecule has 0 aliphatic rings. The van der Waals surface area contributed by atoms with E-state index in [1.54, 1.807) is 49.4 Å². The molecule has 0 heterocycles. The monoisotopic (exact) mass is 480 g/mol. The minimum Gasteiger partial charge on any atom is -0.462 e. The highest BCUT2D eigenvalue weighted by atomic mass is 32.2. The average Bonchev–Trinajstić information content (AvgIpc) is 2.80. The van der Waals surface area contributed by atoms with Gasteiger partial charge in [-0.15, -0.1) is 0 Å². The van der Waals surface area contributed by atoms with Gasteiger partial charge in [0.1, 0.15) is 6.54 Å². The number of carbonyl (C=O) groups excluding carboxylic acids is 2. The molecule has 178 valence electrons. The van der Waals surface area contributed by atoms with Crippen molar-refractivity contribution < 1.29 is 22.7 Å². The third-order valence-electron chi connectivity index (χ3n) is 5.33. The molecule has 7 nitrogen and oxygen atoms in total. The summed E-state index contributed by atoms with van der Waals surface area (Å²) in [5.74, 6) is -1.05. The second-order valence-corrected chi connectivity index (χ2v) is 9.81. The first-order chi connectivity index (χ1) is 16.1. The quantitative estimate of drug-likeness (QED) is 0.475. The number of ether oxygens (including phenoxy) is 1. The molecule has 0 unspecified atom stereocenters. The van der Waals surface area contributed by atoms with Crippen LogP contribution in [0.25, 0.3) is 0 Å². The molecule has 0 radical (unpaired) electrons. The van der Waals surface area contributed by atoms with Crippen molar-refractivity contribution in [3.05, 3.63) is 89.0 Å². The molecule has 3 aromatic carbocycles. The molecule has 0 saturated carbocycles. The predicted molar refractivity (Wildman–Crippen MR) is 133 cm³/mol. The van der Waals surface area contributed by atoms with Crippen LogP contribution in [-0.2, 0) is 19.6 Å². The molecule has 0 bridgehead atoms. The number of esters is 1. The van der Waals surface area contributed by atoms with Crippen molar-refractivity contribution in [2.24, 2.45) is 0 Å². The Labute approximate surface area is 200 Å². The van der Waals surface area contributed by atoms with Crippen LogP contribution in [0, 0.1) is 20.8 Å². The van der Waals surface area contributed by atoms with Crippen molar-refractivity contribution >= 4 is 33.3 Å². The lowest BCUT2D eigenvalue weighted by molar-refractivity contribution is -0.114. The van der Waals surface area contributed by atoms with E-state index in [0.29, 0.717) is 11.4 Å². The van der Waals surface area contributed by atoms with Gasteiger partial charge in [-0.05, 0) is 81.3 Å². The fourth-order valence-electron chi connectivity index (χ4n) is 3.30. The molecular weight excluding hydrogens is 452 g/mol. The highest BCUT2D eigenvalue weighted by Gasteiger charge is 2.27. The first-order valence-corrected chi connectivity index (χ1v) is 12.3. The van der Waals surface area contributed by atoms with Crippen molar-refractivity contribution in [1.29, 1.82) is 0 Å². The van der Waals surface area contributed by atoms with Gasteiger partial charge in [0.05, 0.1) is 22.8 Å². The van der Waals surface area contributed by atoms with E-state index in [4.69, 9.17) is 4.74 Å². The van der Waals surface area contributed by atoms with Gasteiger partial charge < -0.3 is 10.1 Å². The van der Waals surface area contributed by atoms with Gasteiger partial charge >= 0.3 is 5.97 Å². The van der Waals surface area contributed by atoms with Gasteiger partial charge in [-0.25, -0.2) is 13.2 Å². The molecule has 0 spiro atoms. The van der Waals surface area contributed by atoms with E-state index in [-0.39, 0.29) is 17.1 Å². The zero-order valence-electron chi connectivity index (χ0n) is 19.7. The molecule has 0 fully saturated rings. The van der Waals surface area contributed by atoms with Crippen LogP contribution in [0.4, 0.5) is 11.4 Å². The summed E-state index contributed by atoms with van der Waals surface area (Å²) in [6.07, 6.45) is 0. The number of nitrogens with zero attached hydrogens (tertiary/aromatic N) is 1. The van der Waals surface area contributed by atoms with E-state index in [9.17, 15) is 18.0 Å². The van der Waals surface area contributed by atoms with Crippen LogP contribution in [0.1, 0.15) is 34.0 Å². The molecule has 1 N–H and O–H groups in total. The SMILES string of the molecule is CCOC(=O)c1cccc(NC(=O)CN(c2ccc(C)c(C)c2)S(=O)(=O)c2ccc(C)cc2)c1. The summed E-state index contributed by atoms with van der Waals surface area (Å²) in [6, 6.07) is 18.0. The van der Waals surface area contributed by atoms with Crippen molar-refractivity contribution in [2.45, 2.75) is 32.6 Å². The first-order valence-electron chi connectivity index (χ1n) is 10.9. The zero-order valence-corrected chi connectivity index (χ0v) is 20.5. The molecule has 0 saturated heterocycles. The summed E-state index contributed by atoms with van der Waals surface area (Å²) in [5, 5.41) is 2.69. The second kappa shape index (κ2) is 10.5. The molecule has 0 atom stereocenters. The Morgan fingerprint density at radius 1 is 0.912 bits per heavy atom. The maximum absolute atomic E-state index is 13.5. The number of sulfonamides is 1. The predicted octanol–water partition coefficient (Wildman–Crippen LogP) is 4.62. The van der Waals surface area contributed by atoms with Gasteiger partial charge in [0, 0.05) is 5.69 Å². The number of rotatable bonds is 8. The van der Waals surface area contributed by atoms with Gasteiger partial charge in [-0.2, -0.15) is 0 Å². The highest BCUT2D eigenvalue weighted by Crippen LogP contribution is 2.26.